The molecule has 3 nitrogen and oxygen atoms in total. The number of hydrogen-bond acceptors (Lipinski definition) is 3. The summed E-state index contributed by atoms with van der Waals surface area (Å²) in [5.41, 5.74) is 4.91. The van der Waals surface area contributed by atoms with Crippen LogP contribution in [0.3, 0.4) is 0 Å². The Bertz CT molecular complexity index is 3620. The van der Waals surface area contributed by atoms with Crippen LogP contribution in [0, 0.1) is 53.2 Å². The summed E-state index contributed by atoms with van der Waals surface area (Å²) in [6, 6.07) is 40.9. The van der Waals surface area contributed by atoms with Gasteiger partial charge < -0.3 is 14.4 Å². The van der Waals surface area contributed by atoms with E-state index in [0.29, 0.717) is 49.9 Å². The molecule has 3 aromatic heterocycles. The van der Waals surface area contributed by atoms with Crippen LogP contribution in [0.5, 0.6) is 0 Å². The van der Waals surface area contributed by atoms with Crippen LogP contribution in [0.1, 0.15) is 84.4 Å². The molecular formula is C56H50IrN2O-2. The Morgan fingerprint density at radius 3 is 1.95 bits per heavy atom. The van der Waals surface area contributed by atoms with Crippen molar-refractivity contribution in [3.8, 4) is 55.9 Å². The first kappa shape index (κ1) is 25.0. The van der Waals surface area contributed by atoms with E-state index in [9.17, 15) is 0 Å². The fraction of sp³-hybridized carbons (Fsp3) is 0.179. The maximum atomic E-state index is 8.51. The van der Waals surface area contributed by atoms with Crippen molar-refractivity contribution in [2.24, 2.45) is 0 Å². The van der Waals surface area contributed by atoms with Crippen LogP contribution in [0.25, 0.3) is 77.8 Å². The molecular weight excluding hydrogens is 909 g/mol. The van der Waals surface area contributed by atoms with Gasteiger partial charge in [0, 0.05) is 62.6 Å². The maximum Gasteiger partial charge on any atom is 0.121 e. The molecule has 0 aliphatic heterocycles. The number of nitrogens with zero attached hydrogens (tertiary/aromatic N) is 2. The van der Waals surface area contributed by atoms with Gasteiger partial charge in [-0.05, 0) is 118 Å². The summed E-state index contributed by atoms with van der Waals surface area (Å²) in [5.74, 6) is 0. The van der Waals surface area contributed by atoms with Gasteiger partial charge in [-0.2, -0.15) is 0 Å². The molecule has 0 bridgehead atoms. The predicted octanol–water partition coefficient (Wildman–Crippen LogP) is 15.1. The first-order valence-electron chi connectivity index (χ1n) is 27.9. The second-order valence-electron chi connectivity index (χ2n) is 15.3. The van der Waals surface area contributed by atoms with Gasteiger partial charge >= 0.3 is 0 Å². The van der Waals surface area contributed by atoms with E-state index in [1.807, 2.05) is 63.2 Å². The largest absolute Gasteiger partial charge is 0.501 e. The third kappa shape index (κ3) is 8.68. The molecule has 60 heavy (non-hydrogen) atoms. The van der Waals surface area contributed by atoms with E-state index in [1.165, 1.54) is 48.7 Å². The van der Waals surface area contributed by atoms with Gasteiger partial charge in [0.2, 0.25) is 0 Å². The molecule has 301 valence electrons. The van der Waals surface area contributed by atoms with Crippen molar-refractivity contribution >= 4 is 21.9 Å². The molecule has 9 rings (SSSR count). The van der Waals surface area contributed by atoms with Crippen molar-refractivity contribution < 1.29 is 49.2 Å². The number of fused-ring (bicyclic) bond motifs is 3. The Labute approximate surface area is 394 Å². The van der Waals surface area contributed by atoms with Crippen molar-refractivity contribution in [2.45, 2.75) is 67.3 Å². The van der Waals surface area contributed by atoms with Crippen molar-refractivity contribution in [1.29, 1.82) is 0 Å². The zero-order valence-electron chi connectivity index (χ0n) is 50.9. The Morgan fingerprint density at radius 2 is 1.23 bits per heavy atom. The summed E-state index contributed by atoms with van der Waals surface area (Å²) in [6.45, 7) is -8.92. The van der Waals surface area contributed by atoms with Crippen molar-refractivity contribution in [1.82, 2.24) is 9.97 Å². The van der Waals surface area contributed by atoms with E-state index in [-0.39, 0.29) is 81.3 Å². The van der Waals surface area contributed by atoms with Crippen molar-refractivity contribution in [2.75, 3.05) is 0 Å². The quantitative estimate of drug-likeness (QED) is 0.161. The first-order valence-corrected chi connectivity index (χ1v) is 18.9. The van der Waals surface area contributed by atoms with Crippen LogP contribution in [-0.2, 0) is 25.5 Å². The fourth-order valence-electron chi connectivity index (χ4n) is 7.01. The second kappa shape index (κ2) is 17.3. The summed E-state index contributed by atoms with van der Waals surface area (Å²) < 4.78 is 151. The topological polar surface area (TPSA) is 38.9 Å². The molecule has 0 aliphatic carbocycles. The van der Waals surface area contributed by atoms with Crippen molar-refractivity contribution in [3.63, 3.8) is 0 Å². The molecule has 0 fully saturated rings. The average molecular weight is 977 g/mol. The molecule has 0 aliphatic rings. The SMILES string of the molecule is [2H]C([2H])([2H])c1ccc(-c2[c-]cc(C([2H])([2H])[2H])c(-c3ccccc3)c2)nc1.[2H]C([2H])([2H])c1ccc2c(c1)oc1c(-c3cc(-c4cc(C([2H])([2H])[2H])c(-c5ccc(C(C)(C)C)cc5)cc4C([2H])([2H])[2H])c(C([2H])([2H])[2H])cn3)[c-]ccc12.[Ir]. The predicted molar refractivity (Wildman–Crippen MR) is 248 cm³/mol. The van der Waals surface area contributed by atoms with Crippen LogP contribution in [0.15, 0.2) is 144 Å². The zero-order valence-corrected chi connectivity index (χ0v) is 35.3. The standard InChI is InChI=1S/C37H34NO.C19H16N.Ir/c1-22-11-16-28-29-9-8-10-30(36(29)39-35(28)17-22)34-20-33(25(4)21-38-34)32-19-23(2)31(18-24(32)3)26-12-14-27(15-13-26)37(5,6)7;1-14-8-11-19(20-13-14)17-10-9-15(2)18(12-17)16-6-4-3-5-7-16;/h8-9,11-21H,1-7H3;3-9,11-13H,1-2H3;/q2*-1;/i1D3,2D3,3D3,4D3;1D3,2D3;. The van der Waals surface area contributed by atoms with E-state index in [1.54, 1.807) is 42.5 Å². The monoisotopic (exact) mass is 977 g/mol. The van der Waals surface area contributed by atoms with Gasteiger partial charge in [0.1, 0.15) is 5.58 Å². The molecule has 6 aromatic carbocycles. The molecule has 0 spiro atoms. The van der Waals surface area contributed by atoms with Crippen LogP contribution < -0.4 is 0 Å². The van der Waals surface area contributed by atoms with E-state index >= 15 is 0 Å². The van der Waals surface area contributed by atoms with E-state index in [0.717, 1.165) is 17.3 Å². The van der Waals surface area contributed by atoms with E-state index in [2.05, 4.69) is 22.1 Å². The Hall–Kier alpha value is -5.93. The van der Waals surface area contributed by atoms with E-state index in [4.69, 9.17) is 29.1 Å². The zero-order chi connectivity index (χ0) is 56.4. The molecule has 0 amide bonds. The molecule has 9 aromatic rings. The van der Waals surface area contributed by atoms with Gasteiger partial charge in [-0.15, -0.1) is 47.5 Å². The molecule has 3 heterocycles. The Kier molecular flexibility index (Phi) is 7.22. The average Bonchev–Trinajstić information content (AvgIpc) is 3.75. The number of furan rings is 1. The number of pyridine rings is 2. The van der Waals surface area contributed by atoms with Gasteiger partial charge in [0.05, 0.1) is 5.58 Å². The minimum atomic E-state index is -2.77. The van der Waals surface area contributed by atoms with Crippen molar-refractivity contribution in [3.05, 3.63) is 191 Å². The molecule has 0 atom stereocenters. The summed E-state index contributed by atoms with van der Waals surface area (Å²) in [5, 5.41) is 1.28. The van der Waals surface area contributed by atoms with Crippen LogP contribution >= 0.6 is 0 Å². The Balaban J connectivity index is 0.000000274. The molecule has 0 saturated heterocycles. The van der Waals surface area contributed by atoms with E-state index < -0.39 is 41.1 Å². The minimum Gasteiger partial charge on any atom is -0.501 e. The first-order chi connectivity index (χ1) is 35.6. The molecule has 0 N–H and O–H groups in total. The third-order valence-electron chi connectivity index (χ3n) is 10.2. The summed E-state index contributed by atoms with van der Waals surface area (Å²) in [7, 11) is 0. The van der Waals surface area contributed by atoms with Gasteiger partial charge in [0.15, 0.2) is 0 Å². The maximum absolute atomic E-state index is 8.51. The molecule has 4 heteroatoms. The fourth-order valence-corrected chi connectivity index (χ4v) is 7.01. The summed E-state index contributed by atoms with van der Waals surface area (Å²) >= 11 is 0. The number of benzene rings is 6. The molecule has 1 radical (unpaired) electrons. The Morgan fingerprint density at radius 1 is 0.550 bits per heavy atom. The van der Waals surface area contributed by atoms with Gasteiger partial charge in [0.25, 0.3) is 0 Å². The molecule has 0 saturated carbocycles. The smallest absolute Gasteiger partial charge is 0.121 e. The normalized spacial score (nSPS) is 17.0. The number of hydrogen-bond donors (Lipinski definition) is 0. The summed E-state index contributed by atoms with van der Waals surface area (Å²) in [6.07, 6.45) is 2.45. The van der Waals surface area contributed by atoms with Gasteiger partial charge in [-0.3, -0.25) is 0 Å². The van der Waals surface area contributed by atoms with Crippen LogP contribution in [-0.4, -0.2) is 9.97 Å². The number of aromatic nitrogens is 2. The number of rotatable bonds is 5. The van der Waals surface area contributed by atoms with Crippen LogP contribution in [0.2, 0.25) is 0 Å². The van der Waals surface area contributed by atoms with Gasteiger partial charge in [-0.1, -0.05) is 141 Å². The van der Waals surface area contributed by atoms with Gasteiger partial charge in [-0.25, -0.2) is 0 Å². The second-order valence-corrected chi connectivity index (χ2v) is 15.3. The minimum absolute atomic E-state index is 0. The summed E-state index contributed by atoms with van der Waals surface area (Å²) in [4.78, 5) is 8.65. The third-order valence-corrected chi connectivity index (χ3v) is 10.2. The molecule has 0 unspecified atom stereocenters. The number of aryl methyl sites for hydroxylation is 6. The van der Waals surface area contributed by atoms with Crippen LogP contribution in [0.4, 0.5) is 0 Å².